The third-order valence-corrected chi connectivity index (χ3v) is 3.97. The van der Waals surface area contributed by atoms with E-state index in [1.54, 1.807) is 12.3 Å². The van der Waals surface area contributed by atoms with Crippen LogP contribution < -0.4 is 10.9 Å². The van der Waals surface area contributed by atoms with Gasteiger partial charge in [0.1, 0.15) is 5.82 Å². The number of imidazole rings is 1. The Morgan fingerprint density at radius 3 is 3.00 bits per heavy atom. The number of nitrogens with one attached hydrogen (secondary N) is 2. The molecule has 124 valence electrons. The summed E-state index contributed by atoms with van der Waals surface area (Å²) in [6.45, 7) is 3.42. The Bertz CT molecular complexity index is 911. The number of para-hydroxylation sites is 1. The molecule has 0 saturated heterocycles. The molecule has 0 aliphatic carbocycles. The number of hydrogen-bond donors (Lipinski definition) is 2. The van der Waals surface area contributed by atoms with Crippen molar-refractivity contribution in [3.05, 3.63) is 64.5 Å². The fraction of sp³-hybridized carbons (Fsp3) is 0.278. The van der Waals surface area contributed by atoms with Crippen molar-refractivity contribution in [3.8, 4) is 0 Å². The predicted octanol–water partition coefficient (Wildman–Crippen LogP) is 2.11. The second kappa shape index (κ2) is 7.12. The van der Waals surface area contributed by atoms with E-state index in [4.69, 9.17) is 0 Å². The van der Waals surface area contributed by atoms with Gasteiger partial charge in [0.15, 0.2) is 0 Å². The number of H-pyrrole nitrogens is 1. The zero-order valence-corrected chi connectivity index (χ0v) is 13.6. The monoisotopic (exact) mass is 324 g/mol. The molecule has 0 radical (unpaired) electrons. The second-order valence-electron chi connectivity index (χ2n) is 5.59. The first kappa shape index (κ1) is 16.0. The minimum absolute atomic E-state index is 0.223. The van der Waals surface area contributed by atoms with Gasteiger partial charge in [0, 0.05) is 48.9 Å². The van der Waals surface area contributed by atoms with Crippen molar-refractivity contribution < 1.29 is 4.79 Å². The van der Waals surface area contributed by atoms with Gasteiger partial charge in [0.2, 0.25) is 5.56 Å². The highest BCUT2D eigenvalue weighted by atomic mass is 16.2. The molecule has 0 saturated carbocycles. The van der Waals surface area contributed by atoms with E-state index in [0.717, 1.165) is 30.6 Å². The van der Waals surface area contributed by atoms with E-state index in [0.29, 0.717) is 17.6 Å². The Kier molecular flexibility index (Phi) is 4.74. The molecule has 0 atom stereocenters. The summed E-state index contributed by atoms with van der Waals surface area (Å²) >= 11 is 0. The van der Waals surface area contributed by atoms with Gasteiger partial charge in [-0.05, 0) is 12.5 Å². The Labute approximate surface area is 139 Å². The highest BCUT2D eigenvalue weighted by Crippen LogP contribution is 2.14. The molecule has 6 nitrogen and oxygen atoms in total. The number of hydrogen-bond acceptors (Lipinski definition) is 3. The summed E-state index contributed by atoms with van der Waals surface area (Å²) < 4.78 is 2.09. The summed E-state index contributed by atoms with van der Waals surface area (Å²) in [7, 11) is 0. The maximum Gasteiger partial charge on any atom is 0.252 e. The minimum Gasteiger partial charge on any atom is -0.352 e. The van der Waals surface area contributed by atoms with Crippen molar-refractivity contribution in [3.63, 3.8) is 0 Å². The first-order valence-corrected chi connectivity index (χ1v) is 8.09. The van der Waals surface area contributed by atoms with Crippen LogP contribution in [0.4, 0.5) is 0 Å². The van der Waals surface area contributed by atoms with Crippen LogP contribution in [0.2, 0.25) is 0 Å². The topological polar surface area (TPSA) is 79.8 Å². The van der Waals surface area contributed by atoms with Crippen LogP contribution in [0.1, 0.15) is 29.5 Å². The number of carbonyl (C=O) groups excluding carboxylic acids is 1. The molecule has 0 unspecified atom stereocenters. The lowest BCUT2D eigenvalue weighted by Gasteiger charge is -2.09. The second-order valence-corrected chi connectivity index (χ2v) is 5.59. The maximum atomic E-state index is 12.4. The highest BCUT2D eigenvalue weighted by Gasteiger charge is 2.11. The van der Waals surface area contributed by atoms with Gasteiger partial charge >= 0.3 is 0 Å². The van der Waals surface area contributed by atoms with Crippen molar-refractivity contribution >= 4 is 16.8 Å². The van der Waals surface area contributed by atoms with E-state index in [1.165, 1.54) is 6.07 Å². The number of aryl methyl sites for hydroxylation is 2. The number of benzene rings is 1. The van der Waals surface area contributed by atoms with Crippen LogP contribution in [0, 0.1) is 0 Å². The van der Waals surface area contributed by atoms with Gasteiger partial charge in [-0.25, -0.2) is 4.98 Å². The molecule has 2 heterocycles. The van der Waals surface area contributed by atoms with Crippen LogP contribution in [-0.4, -0.2) is 27.0 Å². The van der Waals surface area contributed by atoms with Crippen molar-refractivity contribution in [1.82, 2.24) is 19.9 Å². The van der Waals surface area contributed by atoms with Crippen molar-refractivity contribution in [2.45, 2.75) is 26.3 Å². The van der Waals surface area contributed by atoms with Crippen molar-refractivity contribution in [2.75, 3.05) is 6.54 Å². The van der Waals surface area contributed by atoms with Gasteiger partial charge in [-0.15, -0.1) is 0 Å². The molecule has 1 amide bonds. The maximum absolute atomic E-state index is 12.4. The van der Waals surface area contributed by atoms with E-state index < -0.39 is 0 Å². The summed E-state index contributed by atoms with van der Waals surface area (Å²) in [6, 6.07) is 8.65. The first-order valence-electron chi connectivity index (χ1n) is 8.09. The lowest BCUT2D eigenvalue weighted by molar-refractivity contribution is 0.0954. The predicted molar refractivity (Wildman–Crippen MR) is 93.1 cm³/mol. The average molecular weight is 324 g/mol. The average Bonchev–Trinajstić information content (AvgIpc) is 3.05. The molecule has 6 heteroatoms. The normalized spacial score (nSPS) is 10.9. The summed E-state index contributed by atoms with van der Waals surface area (Å²) in [6.07, 6.45) is 5.43. The first-order chi connectivity index (χ1) is 11.7. The van der Waals surface area contributed by atoms with Crippen LogP contribution in [-0.2, 0) is 13.0 Å². The van der Waals surface area contributed by atoms with Crippen molar-refractivity contribution in [2.24, 2.45) is 0 Å². The number of amides is 1. The van der Waals surface area contributed by atoms with E-state index in [2.05, 4.69) is 26.8 Å². The fourth-order valence-corrected chi connectivity index (χ4v) is 2.80. The Morgan fingerprint density at radius 2 is 2.17 bits per heavy atom. The number of fused-ring (bicyclic) bond motifs is 1. The number of nitrogens with zero attached hydrogens (tertiary/aromatic N) is 2. The molecule has 2 aromatic heterocycles. The van der Waals surface area contributed by atoms with E-state index >= 15 is 0 Å². The van der Waals surface area contributed by atoms with Gasteiger partial charge in [-0.2, -0.15) is 0 Å². The number of pyridine rings is 1. The molecule has 0 bridgehead atoms. The van der Waals surface area contributed by atoms with Crippen LogP contribution in [0.25, 0.3) is 10.9 Å². The van der Waals surface area contributed by atoms with E-state index in [-0.39, 0.29) is 11.5 Å². The molecule has 0 spiro atoms. The largest absolute Gasteiger partial charge is 0.352 e. The third kappa shape index (κ3) is 3.37. The molecule has 0 aliphatic rings. The van der Waals surface area contributed by atoms with E-state index in [1.807, 2.05) is 24.4 Å². The summed E-state index contributed by atoms with van der Waals surface area (Å²) in [5.41, 5.74) is 0.803. The number of aromatic nitrogens is 3. The highest BCUT2D eigenvalue weighted by molar-refractivity contribution is 6.05. The zero-order chi connectivity index (χ0) is 16.9. The summed E-state index contributed by atoms with van der Waals surface area (Å²) in [5.74, 6) is 0.820. The molecular formula is C18H20N4O2. The van der Waals surface area contributed by atoms with Gasteiger partial charge < -0.3 is 14.9 Å². The Morgan fingerprint density at radius 1 is 1.33 bits per heavy atom. The van der Waals surface area contributed by atoms with Crippen molar-refractivity contribution in [1.29, 1.82) is 0 Å². The zero-order valence-electron chi connectivity index (χ0n) is 13.6. The van der Waals surface area contributed by atoms with Crippen LogP contribution in [0.15, 0.2) is 47.5 Å². The molecular weight excluding hydrogens is 304 g/mol. The van der Waals surface area contributed by atoms with Crippen LogP contribution in [0.3, 0.4) is 0 Å². The SMILES string of the molecule is CCc1nccn1CCCNC(=O)c1cc(=O)[nH]c2ccccc12. The molecule has 0 aliphatic heterocycles. The standard InChI is InChI=1S/C18H20N4O2/c1-2-16-19-9-11-22(16)10-5-8-20-18(24)14-12-17(23)21-15-7-4-3-6-13(14)15/h3-4,6-7,9,11-12H,2,5,8,10H2,1H3,(H,20,24)(H,21,23). The van der Waals surface area contributed by atoms with Gasteiger partial charge in [0.05, 0.1) is 5.56 Å². The van der Waals surface area contributed by atoms with Gasteiger partial charge in [-0.3, -0.25) is 9.59 Å². The number of carbonyl (C=O) groups is 1. The molecule has 2 N–H and O–H groups in total. The molecule has 1 aromatic carbocycles. The third-order valence-electron chi connectivity index (χ3n) is 3.97. The molecule has 3 rings (SSSR count). The quantitative estimate of drug-likeness (QED) is 0.682. The van der Waals surface area contributed by atoms with E-state index in [9.17, 15) is 9.59 Å². The van der Waals surface area contributed by atoms with Gasteiger partial charge in [-0.1, -0.05) is 25.1 Å². The lowest BCUT2D eigenvalue weighted by atomic mass is 10.1. The fourth-order valence-electron chi connectivity index (χ4n) is 2.80. The Hall–Kier alpha value is -2.89. The minimum atomic E-state index is -0.273. The summed E-state index contributed by atoms with van der Waals surface area (Å²) in [5, 5.41) is 3.64. The molecule has 3 aromatic rings. The smallest absolute Gasteiger partial charge is 0.252 e. The molecule has 0 fully saturated rings. The Balaban J connectivity index is 1.64. The van der Waals surface area contributed by atoms with Gasteiger partial charge in [0.25, 0.3) is 5.91 Å². The van der Waals surface area contributed by atoms with Crippen LogP contribution >= 0.6 is 0 Å². The lowest BCUT2D eigenvalue weighted by Crippen LogP contribution is -2.27. The number of rotatable bonds is 6. The van der Waals surface area contributed by atoms with Crippen LogP contribution in [0.5, 0.6) is 0 Å². The number of aromatic amines is 1. The molecule has 24 heavy (non-hydrogen) atoms. The summed E-state index contributed by atoms with van der Waals surface area (Å²) in [4.78, 5) is 31.1.